The lowest BCUT2D eigenvalue weighted by molar-refractivity contribution is -0.121. The van der Waals surface area contributed by atoms with Gasteiger partial charge < -0.3 is 14.8 Å². The van der Waals surface area contributed by atoms with E-state index in [9.17, 15) is 9.59 Å². The molecule has 1 N–H and O–H groups in total. The molecule has 0 spiro atoms. The van der Waals surface area contributed by atoms with E-state index in [1.54, 1.807) is 6.92 Å². The van der Waals surface area contributed by atoms with E-state index in [0.29, 0.717) is 31.7 Å². The van der Waals surface area contributed by atoms with E-state index in [2.05, 4.69) is 33.0 Å². The maximum absolute atomic E-state index is 11.6. The number of hydrogen-bond donors (Lipinski definition) is 1. The van der Waals surface area contributed by atoms with Gasteiger partial charge in [0.1, 0.15) is 5.78 Å². The number of amides is 1. The fourth-order valence-corrected chi connectivity index (χ4v) is 1.73. The molecule has 118 valence electrons. The zero-order chi connectivity index (χ0) is 15.6. The van der Waals surface area contributed by atoms with Crippen LogP contribution in [-0.4, -0.2) is 30.4 Å². The van der Waals surface area contributed by atoms with E-state index in [0.717, 1.165) is 19.4 Å². The van der Waals surface area contributed by atoms with Crippen LogP contribution in [0.1, 0.15) is 66.7 Å². The van der Waals surface area contributed by atoms with Gasteiger partial charge in [-0.15, -0.1) is 0 Å². The molecule has 20 heavy (non-hydrogen) atoms. The first-order valence-electron chi connectivity index (χ1n) is 7.63. The zero-order valence-electron chi connectivity index (χ0n) is 13.8. The minimum Gasteiger partial charge on any atom is -0.375 e. The molecule has 0 atom stereocenters. The van der Waals surface area contributed by atoms with Gasteiger partial charge in [0.25, 0.3) is 0 Å². The van der Waals surface area contributed by atoms with E-state index in [1.807, 2.05) is 0 Å². The lowest BCUT2D eigenvalue weighted by Crippen LogP contribution is -2.33. The first-order chi connectivity index (χ1) is 9.23. The largest absolute Gasteiger partial charge is 0.375 e. The van der Waals surface area contributed by atoms with Gasteiger partial charge in [0.05, 0.1) is 5.60 Å². The van der Waals surface area contributed by atoms with Crippen LogP contribution < -0.4 is 5.32 Å². The van der Waals surface area contributed by atoms with Crippen molar-refractivity contribution in [2.24, 2.45) is 5.92 Å². The number of nitrogens with one attached hydrogen (secondary N) is 1. The summed E-state index contributed by atoms with van der Waals surface area (Å²) >= 11 is 0. The van der Waals surface area contributed by atoms with Gasteiger partial charge in [0, 0.05) is 26.0 Å². The van der Waals surface area contributed by atoms with Gasteiger partial charge in [-0.2, -0.15) is 0 Å². The number of Topliss-reactive ketones (excluding diaryl/α,β-unsaturated/α-hetero) is 1. The van der Waals surface area contributed by atoms with Crippen LogP contribution in [0.5, 0.6) is 0 Å². The molecule has 0 unspecified atom stereocenters. The number of ketones is 1. The van der Waals surface area contributed by atoms with Crippen molar-refractivity contribution in [2.75, 3.05) is 13.2 Å². The van der Waals surface area contributed by atoms with Crippen molar-refractivity contribution in [3.63, 3.8) is 0 Å². The van der Waals surface area contributed by atoms with Crippen molar-refractivity contribution in [3.05, 3.63) is 0 Å². The summed E-state index contributed by atoms with van der Waals surface area (Å²) < 4.78 is 5.84. The smallest absolute Gasteiger partial charge is 0.220 e. The molecule has 4 nitrogen and oxygen atoms in total. The third-order valence-electron chi connectivity index (χ3n) is 3.17. The molecule has 0 heterocycles. The zero-order valence-corrected chi connectivity index (χ0v) is 13.8. The van der Waals surface area contributed by atoms with Gasteiger partial charge in [-0.25, -0.2) is 0 Å². The number of rotatable bonds is 11. The van der Waals surface area contributed by atoms with Crippen LogP contribution in [0.4, 0.5) is 0 Å². The summed E-state index contributed by atoms with van der Waals surface area (Å²) in [7, 11) is 0. The van der Waals surface area contributed by atoms with Crippen LogP contribution in [-0.2, 0) is 14.3 Å². The van der Waals surface area contributed by atoms with Crippen LogP contribution in [0.25, 0.3) is 0 Å². The molecule has 0 fully saturated rings. The van der Waals surface area contributed by atoms with Crippen molar-refractivity contribution in [1.82, 2.24) is 5.32 Å². The minimum atomic E-state index is -0.207. The van der Waals surface area contributed by atoms with Gasteiger partial charge in [-0.3, -0.25) is 4.79 Å². The highest BCUT2D eigenvalue weighted by Crippen LogP contribution is 2.15. The molecule has 0 saturated heterocycles. The van der Waals surface area contributed by atoms with Crippen LogP contribution >= 0.6 is 0 Å². The molecule has 0 aromatic heterocycles. The standard InChI is InChI=1S/C16H31NO3/c1-13(2)9-12-20-16(4,5)10-11-17-15(19)8-6-7-14(3)18/h13H,6-12H2,1-5H3,(H,17,19). The molecule has 0 aliphatic heterocycles. The summed E-state index contributed by atoms with van der Waals surface area (Å²) in [4.78, 5) is 22.3. The van der Waals surface area contributed by atoms with E-state index in [-0.39, 0.29) is 17.3 Å². The van der Waals surface area contributed by atoms with Gasteiger partial charge >= 0.3 is 0 Å². The quantitative estimate of drug-likeness (QED) is 0.634. The average molecular weight is 285 g/mol. The first kappa shape index (κ1) is 19.1. The van der Waals surface area contributed by atoms with Crippen molar-refractivity contribution in [3.8, 4) is 0 Å². The Bertz CT molecular complexity index is 298. The third kappa shape index (κ3) is 12.2. The fraction of sp³-hybridized carbons (Fsp3) is 0.875. The van der Waals surface area contributed by atoms with Crippen LogP contribution in [0.2, 0.25) is 0 Å². The second-order valence-electron chi connectivity index (χ2n) is 6.45. The molecule has 1 amide bonds. The highest BCUT2D eigenvalue weighted by molar-refractivity contribution is 5.78. The summed E-state index contributed by atoms with van der Waals surface area (Å²) in [5, 5.41) is 2.88. The van der Waals surface area contributed by atoms with Crippen molar-refractivity contribution in [2.45, 2.75) is 72.3 Å². The fourth-order valence-electron chi connectivity index (χ4n) is 1.73. The molecule has 0 saturated carbocycles. The molecule has 0 aromatic carbocycles. The highest BCUT2D eigenvalue weighted by Gasteiger charge is 2.18. The summed E-state index contributed by atoms with van der Waals surface area (Å²) in [5.41, 5.74) is -0.207. The normalized spacial score (nSPS) is 11.7. The number of hydrogen-bond acceptors (Lipinski definition) is 3. The van der Waals surface area contributed by atoms with E-state index in [4.69, 9.17) is 4.74 Å². The Morgan fingerprint density at radius 3 is 2.40 bits per heavy atom. The predicted molar refractivity (Wildman–Crippen MR) is 81.6 cm³/mol. The van der Waals surface area contributed by atoms with E-state index >= 15 is 0 Å². The summed E-state index contributed by atoms with van der Waals surface area (Å²) in [5.74, 6) is 0.800. The summed E-state index contributed by atoms with van der Waals surface area (Å²) in [6.07, 6.45) is 3.39. The van der Waals surface area contributed by atoms with Crippen LogP contribution in [0.15, 0.2) is 0 Å². The Hall–Kier alpha value is -0.900. The highest BCUT2D eigenvalue weighted by atomic mass is 16.5. The lowest BCUT2D eigenvalue weighted by atomic mass is 10.0. The molecular weight excluding hydrogens is 254 g/mol. The van der Waals surface area contributed by atoms with Crippen molar-refractivity contribution < 1.29 is 14.3 Å². The minimum absolute atomic E-state index is 0.0178. The number of carbonyl (C=O) groups is 2. The maximum Gasteiger partial charge on any atom is 0.220 e. The van der Waals surface area contributed by atoms with Gasteiger partial charge in [0.15, 0.2) is 0 Å². The molecule has 0 aromatic rings. The van der Waals surface area contributed by atoms with E-state index < -0.39 is 0 Å². The van der Waals surface area contributed by atoms with Crippen LogP contribution in [0, 0.1) is 5.92 Å². The second-order valence-corrected chi connectivity index (χ2v) is 6.45. The maximum atomic E-state index is 11.6. The molecule has 0 radical (unpaired) electrons. The Balaban J connectivity index is 3.69. The topological polar surface area (TPSA) is 55.4 Å². The number of ether oxygens (including phenoxy) is 1. The third-order valence-corrected chi connectivity index (χ3v) is 3.17. The Kier molecular flexibility index (Phi) is 9.47. The Morgan fingerprint density at radius 2 is 1.85 bits per heavy atom. The molecule has 0 aliphatic carbocycles. The monoisotopic (exact) mass is 285 g/mol. The van der Waals surface area contributed by atoms with Crippen molar-refractivity contribution in [1.29, 1.82) is 0 Å². The van der Waals surface area contributed by atoms with Crippen molar-refractivity contribution >= 4 is 11.7 Å². The Morgan fingerprint density at radius 1 is 1.20 bits per heavy atom. The summed E-state index contributed by atoms with van der Waals surface area (Å²) in [6.45, 7) is 11.4. The van der Waals surface area contributed by atoms with E-state index in [1.165, 1.54) is 0 Å². The number of carbonyl (C=O) groups excluding carboxylic acids is 2. The van der Waals surface area contributed by atoms with Gasteiger partial charge in [-0.05, 0) is 46.0 Å². The van der Waals surface area contributed by atoms with Gasteiger partial charge in [-0.1, -0.05) is 13.8 Å². The molecule has 0 bridgehead atoms. The molecule has 4 heteroatoms. The average Bonchev–Trinajstić information content (AvgIpc) is 2.27. The predicted octanol–water partition coefficient (Wildman–Crippen LogP) is 3.09. The van der Waals surface area contributed by atoms with Crippen LogP contribution in [0.3, 0.4) is 0 Å². The van der Waals surface area contributed by atoms with Gasteiger partial charge in [0.2, 0.25) is 5.91 Å². The molecule has 0 aliphatic rings. The summed E-state index contributed by atoms with van der Waals surface area (Å²) in [6, 6.07) is 0. The molecule has 0 rings (SSSR count). The Labute approximate surface area is 123 Å². The second kappa shape index (κ2) is 9.92. The lowest BCUT2D eigenvalue weighted by Gasteiger charge is -2.26. The molecular formula is C16H31NO3. The SMILES string of the molecule is CC(=O)CCCC(=O)NCCC(C)(C)OCCC(C)C. The first-order valence-corrected chi connectivity index (χ1v) is 7.63.